The molecule has 0 aromatic heterocycles. The molecule has 3 atom stereocenters. The highest BCUT2D eigenvalue weighted by Crippen LogP contribution is 2.57. The molecule has 7 heteroatoms. The summed E-state index contributed by atoms with van der Waals surface area (Å²) in [6.45, 7) is 4.12. The summed E-state index contributed by atoms with van der Waals surface area (Å²) in [5, 5.41) is 0. The maximum absolute atomic E-state index is 14.0. The van der Waals surface area contributed by atoms with E-state index in [9.17, 15) is 19.2 Å². The van der Waals surface area contributed by atoms with Crippen LogP contribution in [-0.2, 0) is 14.3 Å². The maximum atomic E-state index is 14.0. The highest BCUT2D eigenvalue weighted by molar-refractivity contribution is 9.10. The van der Waals surface area contributed by atoms with Crippen molar-refractivity contribution in [2.24, 2.45) is 11.8 Å². The van der Waals surface area contributed by atoms with Crippen molar-refractivity contribution in [3.63, 3.8) is 0 Å². The molecule has 0 bridgehead atoms. The van der Waals surface area contributed by atoms with Gasteiger partial charge in [-0.2, -0.15) is 0 Å². The molecule has 3 aliphatic rings. The summed E-state index contributed by atoms with van der Waals surface area (Å²) in [6, 6.07) is 20.9. The standard InChI is InChI=1S/C29H22BrNO5/c1-15(2)16-9-13-19(14-10-16)31-27(34)22-23(28(31)35)29(36-24(22)17-7-11-18(30)12-8-17)25(32)20-5-3-4-6-21(20)26(29)33/h3-15,22-24H,1-2H3. The molecule has 2 saturated heterocycles. The van der Waals surface area contributed by atoms with Gasteiger partial charge in [0.2, 0.25) is 29.0 Å². The van der Waals surface area contributed by atoms with Gasteiger partial charge in [-0.05, 0) is 41.3 Å². The van der Waals surface area contributed by atoms with E-state index in [4.69, 9.17) is 4.74 Å². The third kappa shape index (κ3) is 2.99. The maximum Gasteiger partial charge on any atom is 0.241 e. The molecule has 3 aromatic carbocycles. The largest absolute Gasteiger partial charge is 0.349 e. The van der Waals surface area contributed by atoms with E-state index in [0.717, 1.165) is 14.9 Å². The third-order valence-electron chi connectivity index (χ3n) is 7.54. The van der Waals surface area contributed by atoms with Crippen LogP contribution in [-0.4, -0.2) is 29.0 Å². The van der Waals surface area contributed by atoms with Gasteiger partial charge in [0, 0.05) is 15.6 Å². The summed E-state index contributed by atoms with van der Waals surface area (Å²) in [5.74, 6) is -4.15. The van der Waals surface area contributed by atoms with Crippen LogP contribution in [0.15, 0.2) is 77.3 Å². The van der Waals surface area contributed by atoms with Gasteiger partial charge in [-0.25, -0.2) is 4.90 Å². The fourth-order valence-electron chi connectivity index (χ4n) is 5.73. The van der Waals surface area contributed by atoms with Crippen LogP contribution in [0.3, 0.4) is 0 Å². The van der Waals surface area contributed by atoms with Crippen LogP contribution < -0.4 is 4.90 Å². The molecule has 2 amide bonds. The number of benzene rings is 3. The van der Waals surface area contributed by atoms with Gasteiger partial charge in [-0.1, -0.05) is 78.3 Å². The first-order valence-corrected chi connectivity index (χ1v) is 12.6. The number of carbonyl (C=O) groups excluding carboxylic acids is 4. The summed E-state index contributed by atoms with van der Waals surface area (Å²) in [7, 11) is 0. The Labute approximate surface area is 216 Å². The van der Waals surface area contributed by atoms with Crippen LogP contribution in [0.1, 0.15) is 57.7 Å². The topological polar surface area (TPSA) is 80.8 Å². The van der Waals surface area contributed by atoms with Crippen LogP contribution in [0.2, 0.25) is 0 Å². The number of ether oxygens (including phenoxy) is 1. The molecule has 2 aliphatic heterocycles. The Bertz CT molecular complexity index is 1410. The molecule has 2 heterocycles. The molecule has 180 valence electrons. The van der Waals surface area contributed by atoms with Crippen molar-refractivity contribution in [1.82, 2.24) is 0 Å². The quantitative estimate of drug-likeness (QED) is 0.332. The molecule has 0 radical (unpaired) electrons. The van der Waals surface area contributed by atoms with E-state index in [1.165, 1.54) is 0 Å². The SMILES string of the molecule is CC(C)c1ccc(N2C(=O)C3C(c4ccc(Br)cc4)OC4(C(=O)c5ccccc5C4=O)C3C2=O)cc1. The monoisotopic (exact) mass is 543 g/mol. The predicted octanol–water partition coefficient (Wildman–Crippen LogP) is 5.27. The number of ketones is 2. The predicted molar refractivity (Wildman–Crippen MR) is 136 cm³/mol. The number of imide groups is 1. The van der Waals surface area contributed by atoms with E-state index < -0.39 is 46.9 Å². The van der Waals surface area contributed by atoms with E-state index in [0.29, 0.717) is 11.3 Å². The number of nitrogens with zero attached hydrogens (tertiary/aromatic N) is 1. The number of fused-ring (bicyclic) bond motifs is 3. The normalized spacial score (nSPS) is 24.2. The first-order valence-electron chi connectivity index (χ1n) is 11.9. The van der Waals surface area contributed by atoms with Crippen molar-refractivity contribution >= 4 is 45.0 Å². The molecule has 6 nitrogen and oxygen atoms in total. The van der Waals surface area contributed by atoms with Gasteiger partial charge in [0.15, 0.2) is 0 Å². The first-order chi connectivity index (χ1) is 17.3. The van der Waals surface area contributed by atoms with E-state index in [2.05, 4.69) is 29.8 Å². The molecule has 1 aliphatic carbocycles. The van der Waals surface area contributed by atoms with Crippen LogP contribution in [0.25, 0.3) is 0 Å². The van der Waals surface area contributed by atoms with Crippen LogP contribution in [0.4, 0.5) is 5.69 Å². The Balaban J connectivity index is 1.51. The van der Waals surface area contributed by atoms with Crippen molar-refractivity contribution in [2.45, 2.75) is 31.5 Å². The van der Waals surface area contributed by atoms with Gasteiger partial charge >= 0.3 is 0 Å². The lowest BCUT2D eigenvalue weighted by Crippen LogP contribution is -2.51. The van der Waals surface area contributed by atoms with Crippen molar-refractivity contribution in [2.75, 3.05) is 4.90 Å². The zero-order valence-electron chi connectivity index (χ0n) is 19.6. The van der Waals surface area contributed by atoms with Crippen LogP contribution in [0, 0.1) is 11.8 Å². The Morgan fingerprint density at radius 2 is 1.39 bits per heavy atom. The fraction of sp³-hybridized carbons (Fsp3) is 0.241. The summed E-state index contributed by atoms with van der Waals surface area (Å²) >= 11 is 3.41. The minimum absolute atomic E-state index is 0.220. The summed E-state index contributed by atoms with van der Waals surface area (Å²) < 4.78 is 7.13. The summed E-state index contributed by atoms with van der Waals surface area (Å²) in [5.41, 5.74) is 0.493. The van der Waals surface area contributed by atoms with Crippen LogP contribution in [0.5, 0.6) is 0 Å². The summed E-state index contributed by atoms with van der Waals surface area (Å²) in [6.07, 6.45) is -0.929. The lowest BCUT2D eigenvalue weighted by molar-refractivity contribution is -0.127. The molecule has 0 N–H and O–H groups in total. The average Bonchev–Trinajstić information content (AvgIpc) is 3.44. The van der Waals surface area contributed by atoms with Gasteiger partial charge in [-0.3, -0.25) is 19.2 Å². The zero-order chi connectivity index (χ0) is 25.4. The molecule has 36 heavy (non-hydrogen) atoms. The zero-order valence-corrected chi connectivity index (χ0v) is 21.2. The van der Waals surface area contributed by atoms with E-state index in [-0.39, 0.29) is 17.0 Å². The Hall–Kier alpha value is -3.42. The number of halogens is 1. The lowest BCUT2D eigenvalue weighted by atomic mass is 9.77. The number of amides is 2. The number of carbonyl (C=O) groups is 4. The number of rotatable bonds is 3. The average molecular weight is 544 g/mol. The number of Topliss-reactive ketones (excluding diaryl/α,β-unsaturated/α-hetero) is 2. The number of hydrogen-bond donors (Lipinski definition) is 0. The van der Waals surface area contributed by atoms with Crippen molar-refractivity contribution in [3.05, 3.63) is 99.5 Å². The van der Waals surface area contributed by atoms with Crippen molar-refractivity contribution in [1.29, 1.82) is 0 Å². The van der Waals surface area contributed by atoms with Crippen molar-refractivity contribution in [3.8, 4) is 0 Å². The minimum atomic E-state index is -2.06. The second kappa shape index (κ2) is 8.05. The Morgan fingerprint density at radius 1 is 0.806 bits per heavy atom. The summed E-state index contributed by atoms with van der Waals surface area (Å²) in [4.78, 5) is 56.5. The minimum Gasteiger partial charge on any atom is -0.349 e. The smallest absolute Gasteiger partial charge is 0.241 e. The van der Waals surface area contributed by atoms with Crippen molar-refractivity contribution < 1.29 is 23.9 Å². The number of anilines is 1. The molecular formula is C29H22BrNO5. The Morgan fingerprint density at radius 3 is 1.94 bits per heavy atom. The lowest BCUT2D eigenvalue weighted by Gasteiger charge is -2.27. The highest BCUT2D eigenvalue weighted by Gasteiger charge is 2.74. The molecule has 3 unspecified atom stereocenters. The molecule has 2 fully saturated rings. The van der Waals surface area contributed by atoms with Crippen LogP contribution >= 0.6 is 15.9 Å². The number of hydrogen-bond acceptors (Lipinski definition) is 5. The van der Waals surface area contributed by atoms with E-state index in [1.54, 1.807) is 60.7 Å². The third-order valence-corrected chi connectivity index (χ3v) is 8.06. The Kier molecular flexibility index (Phi) is 5.14. The molecule has 1 spiro atoms. The van der Waals surface area contributed by atoms with E-state index >= 15 is 0 Å². The second-order valence-corrected chi connectivity index (χ2v) is 10.7. The first kappa shape index (κ1) is 23.0. The second-order valence-electron chi connectivity index (χ2n) is 9.79. The molecular weight excluding hydrogens is 522 g/mol. The van der Waals surface area contributed by atoms with E-state index in [1.807, 2.05) is 12.1 Å². The van der Waals surface area contributed by atoms with Gasteiger partial charge in [-0.15, -0.1) is 0 Å². The molecule has 3 aromatic rings. The highest BCUT2D eigenvalue weighted by atomic mass is 79.9. The molecule has 0 saturated carbocycles. The van der Waals surface area contributed by atoms with Gasteiger partial charge in [0.1, 0.15) is 0 Å². The van der Waals surface area contributed by atoms with Gasteiger partial charge in [0.25, 0.3) is 0 Å². The van der Waals surface area contributed by atoms with Gasteiger partial charge < -0.3 is 4.74 Å². The fourth-order valence-corrected chi connectivity index (χ4v) is 6.00. The van der Waals surface area contributed by atoms with Gasteiger partial charge in [0.05, 0.1) is 23.6 Å². The molecule has 6 rings (SSSR count).